The zero-order chi connectivity index (χ0) is 15.9. The summed E-state index contributed by atoms with van der Waals surface area (Å²) in [5, 5.41) is 11.4. The lowest BCUT2D eigenvalue weighted by Gasteiger charge is -2.11. The fraction of sp³-hybridized carbons (Fsp3) is 0.125. The van der Waals surface area contributed by atoms with Gasteiger partial charge in [-0.05, 0) is 30.3 Å². The van der Waals surface area contributed by atoms with Gasteiger partial charge in [0.05, 0.1) is 12.8 Å². The van der Waals surface area contributed by atoms with E-state index >= 15 is 0 Å². The molecule has 0 aliphatic rings. The van der Waals surface area contributed by atoms with E-state index in [1.807, 2.05) is 6.07 Å². The number of carbonyl (C=O) groups excluding carboxylic acids is 1. The Morgan fingerprint density at radius 1 is 1.27 bits per heavy atom. The van der Waals surface area contributed by atoms with Crippen LogP contribution in [0.15, 0.2) is 48.7 Å². The Morgan fingerprint density at radius 3 is 2.77 bits per heavy atom. The van der Waals surface area contributed by atoms with Crippen molar-refractivity contribution in [2.24, 2.45) is 0 Å². The topological polar surface area (TPSA) is 80.6 Å². The molecule has 0 saturated heterocycles. The lowest BCUT2D eigenvalue weighted by atomic mass is 10.3. The van der Waals surface area contributed by atoms with Crippen molar-refractivity contribution in [3.63, 3.8) is 0 Å². The maximum atomic E-state index is 12.1. The first-order valence-electron chi connectivity index (χ1n) is 6.59. The van der Waals surface area contributed by atoms with Gasteiger partial charge in [-0.2, -0.15) is 0 Å². The number of aliphatic carboxylic acids is 1. The van der Waals surface area contributed by atoms with Gasteiger partial charge in [0.1, 0.15) is 12.3 Å². The molecule has 0 spiro atoms. The molecule has 1 amide bonds. The van der Waals surface area contributed by atoms with Gasteiger partial charge < -0.3 is 19.7 Å². The first-order valence-corrected chi connectivity index (χ1v) is 6.59. The van der Waals surface area contributed by atoms with Crippen molar-refractivity contribution in [1.82, 2.24) is 4.57 Å². The van der Waals surface area contributed by atoms with Crippen molar-refractivity contribution in [2.75, 3.05) is 12.4 Å². The Labute approximate surface area is 127 Å². The van der Waals surface area contributed by atoms with Gasteiger partial charge in [-0.1, -0.05) is 12.1 Å². The lowest BCUT2D eigenvalue weighted by molar-refractivity contribution is -0.131. The minimum atomic E-state index is -1.04. The molecule has 1 aromatic carbocycles. The Morgan fingerprint density at radius 2 is 2.05 bits per heavy atom. The maximum absolute atomic E-state index is 12.1. The smallest absolute Gasteiger partial charge is 0.328 e. The summed E-state index contributed by atoms with van der Waals surface area (Å²) < 4.78 is 6.83. The standard InChI is InChI=1S/C16H16N2O4/c1-22-14-7-3-2-6-13(14)17-15(19)11-18-10-4-5-12(18)8-9-16(20)21/h2-10H,11H2,1H3,(H,17,19)(H,20,21)/b9-8+. The van der Waals surface area contributed by atoms with Gasteiger partial charge in [0, 0.05) is 18.0 Å². The molecule has 0 radical (unpaired) electrons. The van der Waals surface area contributed by atoms with Crippen molar-refractivity contribution in [3.8, 4) is 5.75 Å². The van der Waals surface area contributed by atoms with Gasteiger partial charge in [-0.25, -0.2) is 4.79 Å². The van der Waals surface area contributed by atoms with E-state index in [0.29, 0.717) is 17.1 Å². The number of benzene rings is 1. The van der Waals surface area contributed by atoms with Crippen molar-refractivity contribution in [3.05, 3.63) is 54.4 Å². The zero-order valence-electron chi connectivity index (χ0n) is 12.0. The molecule has 2 N–H and O–H groups in total. The second-order valence-electron chi connectivity index (χ2n) is 4.48. The van der Waals surface area contributed by atoms with Crippen LogP contribution in [-0.2, 0) is 16.1 Å². The molecule has 2 rings (SSSR count). The number of methoxy groups -OCH3 is 1. The van der Waals surface area contributed by atoms with E-state index < -0.39 is 5.97 Å². The molecule has 2 aromatic rings. The maximum Gasteiger partial charge on any atom is 0.328 e. The third-order valence-corrected chi connectivity index (χ3v) is 2.96. The SMILES string of the molecule is COc1ccccc1NC(=O)Cn1cccc1/C=C/C(=O)O. The van der Waals surface area contributed by atoms with Crippen molar-refractivity contribution >= 4 is 23.6 Å². The second-order valence-corrected chi connectivity index (χ2v) is 4.48. The monoisotopic (exact) mass is 300 g/mol. The third kappa shape index (κ3) is 3.99. The first-order chi connectivity index (χ1) is 10.6. The number of aromatic nitrogens is 1. The van der Waals surface area contributed by atoms with Gasteiger partial charge in [0.2, 0.25) is 5.91 Å². The first kappa shape index (κ1) is 15.4. The van der Waals surface area contributed by atoms with E-state index in [1.165, 1.54) is 13.2 Å². The fourth-order valence-corrected chi connectivity index (χ4v) is 1.97. The summed E-state index contributed by atoms with van der Waals surface area (Å²) in [5.41, 5.74) is 1.22. The molecule has 0 unspecified atom stereocenters. The van der Waals surface area contributed by atoms with Crippen LogP contribution in [0.25, 0.3) is 6.08 Å². The van der Waals surface area contributed by atoms with Crippen LogP contribution in [0.2, 0.25) is 0 Å². The summed E-state index contributed by atoms with van der Waals surface area (Å²) in [6.45, 7) is 0.0738. The normalized spacial score (nSPS) is 10.6. The molecule has 6 heteroatoms. The van der Waals surface area contributed by atoms with E-state index in [4.69, 9.17) is 9.84 Å². The number of ether oxygens (including phenoxy) is 1. The number of carboxylic acid groups (broad SMARTS) is 1. The molecule has 6 nitrogen and oxygen atoms in total. The Balaban J connectivity index is 2.07. The zero-order valence-corrected chi connectivity index (χ0v) is 12.0. The van der Waals surface area contributed by atoms with Crippen LogP contribution >= 0.6 is 0 Å². The number of carboxylic acids is 1. The van der Waals surface area contributed by atoms with E-state index in [-0.39, 0.29) is 12.5 Å². The summed E-state index contributed by atoms with van der Waals surface area (Å²) >= 11 is 0. The van der Waals surface area contributed by atoms with Gasteiger partial charge in [0.15, 0.2) is 0 Å². The molecular formula is C16H16N2O4. The van der Waals surface area contributed by atoms with Crippen molar-refractivity contribution in [2.45, 2.75) is 6.54 Å². The minimum absolute atomic E-state index is 0.0738. The Kier molecular flexibility index (Phi) is 4.98. The van der Waals surface area contributed by atoms with E-state index in [9.17, 15) is 9.59 Å². The van der Waals surface area contributed by atoms with Gasteiger partial charge in [-0.3, -0.25) is 4.79 Å². The molecular weight excluding hydrogens is 284 g/mol. The number of nitrogens with zero attached hydrogens (tertiary/aromatic N) is 1. The number of rotatable bonds is 6. The number of nitrogens with one attached hydrogen (secondary N) is 1. The number of para-hydroxylation sites is 2. The van der Waals surface area contributed by atoms with Crippen LogP contribution in [0.1, 0.15) is 5.69 Å². The third-order valence-electron chi connectivity index (χ3n) is 2.96. The summed E-state index contributed by atoms with van der Waals surface area (Å²) in [4.78, 5) is 22.7. The molecule has 0 atom stereocenters. The van der Waals surface area contributed by atoms with Crippen LogP contribution in [-0.4, -0.2) is 28.7 Å². The van der Waals surface area contributed by atoms with Crippen molar-refractivity contribution < 1.29 is 19.4 Å². The van der Waals surface area contributed by atoms with Gasteiger partial charge in [0.25, 0.3) is 0 Å². The molecule has 1 aromatic heterocycles. The predicted octanol–water partition coefficient (Wildman–Crippen LogP) is 2.23. The van der Waals surface area contributed by atoms with E-state index in [1.54, 1.807) is 41.1 Å². The van der Waals surface area contributed by atoms with Gasteiger partial charge in [-0.15, -0.1) is 0 Å². The van der Waals surface area contributed by atoms with Gasteiger partial charge >= 0.3 is 5.97 Å². The molecule has 0 saturated carbocycles. The number of amides is 1. The summed E-state index contributed by atoms with van der Waals surface area (Å²) in [5.74, 6) is -0.689. The molecule has 0 aliphatic heterocycles. The van der Waals surface area contributed by atoms with Crippen LogP contribution in [0.5, 0.6) is 5.75 Å². The fourth-order valence-electron chi connectivity index (χ4n) is 1.97. The number of carbonyl (C=O) groups is 2. The second kappa shape index (κ2) is 7.12. The van der Waals surface area contributed by atoms with Crippen LogP contribution < -0.4 is 10.1 Å². The van der Waals surface area contributed by atoms with Crippen LogP contribution in [0, 0.1) is 0 Å². The molecule has 1 heterocycles. The number of hydrogen-bond acceptors (Lipinski definition) is 3. The van der Waals surface area contributed by atoms with E-state index in [0.717, 1.165) is 6.08 Å². The highest BCUT2D eigenvalue weighted by atomic mass is 16.5. The number of anilines is 1. The highest BCUT2D eigenvalue weighted by Crippen LogP contribution is 2.23. The molecule has 0 fully saturated rings. The average molecular weight is 300 g/mol. The Hall–Kier alpha value is -3.02. The summed E-state index contributed by atoms with van der Waals surface area (Å²) in [6, 6.07) is 10.6. The summed E-state index contributed by atoms with van der Waals surface area (Å²) in [6.07, 6.45) is 4.19. The average Bonchev–Trinajstić information content (AvgIpc) is 2.92. The van der Waals surface area contributed by atoms with Crippen LogP contribution in [0.3, 0.4) is 0 Å². The molecule has 0 aliphatic carbocycles. The van der Waals surface area contributed by atoms with E-state index in [2.05, 4.69) is 5.32 Å². The minimum Gasteiger partial charge on any atom is -0.495 e. The number of hydrogen-bond donors (Lipinski definition) is 2. The van der Waals surface area contributed by atoms with Crippen molar-refractivity contribution in [1.29, 1.82) is 0 Å². The largest absolute Gasteiger partial charge is 0.495 e. The molecule has 114 valence electrons. The lowest BCUT2D eigenvalue weighted by Crippen LogP contribution is -2.19. The quantitative estimate of drug-likeness (QED) is 0.802. The predicted molar refractivity (Wildman–Crippen MR) is 82.7 cm³/mol. The van der Waals surface area contributed by atoms with Crippen LogP contribution in [0.4, 0.5) is 5.69 Å². The Bertz CT molecular complexity index is 704. The summed E-state index contributed by atoms with van der Waals surface area (Å²) in [7, 11) is 1.53. The highest BCUT2D eigenvalue weighted by Gasteiger charge is 2.08. The molecule has 0 bridgehead atoms. The molecule has 22 heavy (non-hydrogen) atoms. The highest BCUT2D eigenvalue weighted by molar-refractivity contribution is 5.92.